The molecule has 5 aromatic rings. The Morgan fingerprint density at radius 2 is 2.00 bits per heavy atom. The Bertz CT molecular complexity index is 1390. The lowest BCUT2D eigenvalue weighted by Crippen LogP contribution is -2.30. The number of tetrazole rings is 1. The van der Waals surface area contributed by atoms with Crippen LogP contribution in [0, 0.1) is 12.7 Å². The molecule has 0 saturated heterocycles. The number of aromatic nitrogens is 4. The minimum atomic E-state index is -0.464. The second-order valence-electron chi connectivity index (χ2n) is 7.40. The summed E-state index contributed by atoms with van der Waals surface area (Å²) in [6.45, 7) is 2.46. The van der Waals surface area contributed by atoms with Gasteiger partial charge in [-0.25, -0.2) is 4.39 Å². The molecule has 3 heterocycles. The first-order chi connectivity index (χ1) is 15.1. The van der Waals surface area contributed by atoms with E-state index in [1.165, 1.54) is 18.2 Å². The van der Waals surface area contributed by atoms with Gasteiger partial charge >= 0.3 is 0 Å². The van der Waals surface area contributed by atoms with Gasteiger partial charge in [-0.3, -0.25) is 4.79 Å². The van der Waals surface area contributed by atoms with Crippen molar-refractivity contribution < 1.29 is 13.6 Å². The summed E-state index contributed by atoms with van der Waals surface area (Å²) >= 11 is 0. The van der Waals surface area contributed by atoms with Crippen molar-refractivity contribution in [2.45, 2.75) is 20.0 Å². The van der Waals surface area contributed by atoms with Crippen LogP contribution in [0.5, 0.6) is 0 Å². The van der Waals surface area contributed by atoms with Gasteiger partial charge in [0, 0.05) is 16.5 Å². The Balaban J connectivity index is 1.59. The lowest BCUT2D eigenvalue weighted by molar-refractivity contribution is 0.0718. The first-order valence-electron chi connectivity index (χ1n) is 9.76. The molecule has 154 valence electrons. The van der Waals surface area contributed by atoms with Gasteiger partial charge in [-0.1, -0.05) is 17.7 Å². The highest BCUT2D eigenvalue weighted by molar-refractivity contribution is 5.94. The smallest absolute Gasteiger partial charge is 0.254 e. The minimum absolute atomic E-state index is 0.224. The molecule has 0 bridgehead atoms. The van der Waals surface area contributed by atoms with Crippen molar-refractivity contribution in [3.05, 3.63) is 95.2 Å². The van der Waals surface area contributed by atoms with Gasteiger partial charge in [0.1, 0.15) is 11.6 Å². The lowest BCUT2D eigenvalue weighted by Gasteiger charge is -2.22. The van der Waals surface area contributed by atoms with E-state index in [-0.39, 0.29) is 24.6 Å². The molecular formula is C23H18FN5O2. The van der Waals surface area contributed by atoms with Crippen LogP contribution in [-0.4, -0.2) is 30.8 Å². The number of furan rings is 1. The molecular weight excluding hydrogens is 397 g/mol. The number of pyridine rings is 1. The number of hydrogen-bond donors (Lipinski definition) is 0. The fraction of sp³-hybridized carbons (Fsp3) is 0.130. The van der Waals surface area contributed by atoms with Crippen molar-refractivity contribution in [2.24, 2.45) is 0 Å². The normalized spacial score (nSPS) is 11.3. The van der Waals surface area contributed by atoms with Gasteiger partial charge in [-0.15, -0.1) is 5.10 Å². The van der Waals surface area contributed by atoms with Gasteiger partial charge < -0.3 is 9.32 Å². The molecule has 7 nitrogen and oxygen atoms in total. The van der Waals surface area contributed by atoms with Crippen LogP contribution in [0.25, 0.3) is 16.6 Å². The first kappa shape index (κ1) is 18.9. The van der Waals surface area contributed by atoms with Crippen LogP contribution in [-0.2, 0) is 13.1 Å². The number of carbonyl (C=O) groups excluding carboxylic acids is 1. The minimum Gasteiger partial charge on any atom is -0.467 e. The fourth-order valence-electron chi connectivity index (χ4n) is 3.70. The Hall–Kier alpha value is -4.07. The van der Waals surface area contributed by atoms with Crippen molar-refractivity contribution in [3.8, 4) is 0 Å². The predicted molar refractivity (Wildman–Crippen MR) is 112 cm³/mol. The van der Waals surface area contributed by atoms with Gasteiger partial charge in [0.2, 0.25) is 0 Å². The Kier molecular flexibility index (Phi) is 4.66. The maximum atomic E-state index is 13.8. The van der Waals surface area contributed by atoms with Crippen molar-refractivity contribution in [3.63, 3.8) is 0 Å². The molecule has 0 aliphatic heterocycles. The largest absolute Gasteiger partial charge is 0.467 e. The van der Waals surface area contributed by atoms with E-state index in [0.717, 1.165) is 22.0 Å². The average molecular weight is 415 g/mol. The maximum Gasteiger partial charge on any atom is 0.254 e. The number of amides is 1. The molecule has 0 radical (unpaired) electrons. The highest BCUT2D eigenvalue weighted by Crippen LogP contribution is 2.23. The monoisotopic (exact) mass is 415 g/mol. The SMILES string of the molecule is Cc1ccc2c(c1)cc(CN(Cc1ccco1)C(=O)c1cccc(F)c1)c1nnnn12. The molecule has 5 rings (SSSR count). The van der Waals surface area contributed by atoms with Crippen LogP contribution in [0.4, 0.5) is 4.39 Å². The molecule has 1 amide bonds. The topological polar surface area (TPSA) is 76.5 Å². The molecule has 0 unspecified atom stereocenters. The summed E-state index contributed by atoms with van der Waals surface area (Å²) < 4.78 is 20.9. The van der Waals surface area contributed by atoms with Crippen LogP contribution in [0.1, 0.15) is 27.2 Å². The molecule has 0 aliphatic carbocycles. The van der Waals surface area contributed by atoms with E-state index in [1.807, 2.05) is 31.2 Å². The average Bonchev–Trinajstić information content (AvgIpc) is 3.45. The van der Waals surface area contributed by atoms with Crippen molar-refractivity contribution in [1.82, 2.24) is 24.9 Å². The standard InChI is InChI=1S/C23H18FN5O2/c1-15-7-8-21-17(10-15)11-18(22-25-26-27-29(21)22)13-28(14-20-6-3-9-31-20)23(30)16-4-2-5-19(24)12-16/h2-12H,13-14H2,1H3. The molecule has 3 aromatic heterocycles. The van der Waals surface area contributed by atoms with E-state index >= 15 is 0 Å². The number of rotatable bonds is 5. The van der Waals surface area contributed by atoms with E-state index in [0.29, 0.717) is 11.4 Å². The maximum absolute atomic E-state index is 13.8. The van der Waals surface area contributed by atoms with E-state index < -0.39 is 5.82 Å². The summed E-state index contributed by atoms with van der Waals surface area (Å²) in [4.78, 5) is 14.9. The third-order valence-electron chi connectivity index (χ3n) is 5.14. The van der Waals surface area contributed by atoms with Crippen LogP contribution in [0.3, 0.4) is 0 Å². The number of nitrogens with zero attached hydrogens (tertiary/aromatic N) is 5. The number of hydrogen-bond acceptors (Lipinski definition) is 5. The molecule has 0 spiro atoms. The van der Waals surface area contributed by atoms with Crippen molar-refractivity contribution in [1.29, 1.82) is 0 Å². The van der Waals surface area contributed by atoms with Crippen molar-refractivity contribution in [2.75, 3.05) is 0 Å². The van der Waals surface area contributed by atoms with Gasteiger partial charge in [0.15, 0.2) is 5.65 Å². The summed E-state index contributed by atoms with van der Waals surface area (Å²) in [6, 6.07) is 17.2. The predicted octanol–water partition coefficient (Wildman–Crippen LogP) is 4.16. The zero-order valence-electron chi connectivity index (χ0n) is 16.7. The zero-order chi connectivity index (χ0) is 21.4. The zero-order valence-corrected chi connectivity index (χ0v) is 16.7. The Morgan fingerprint density at radius 3 is 2.81 bits per heavy atom. The highest BCUT2D eigenvalue weighted by Gasteiger charge is 2.21. The second kappa shape index (κ2) is 7.64. The van der Waals surface area contributed by atoms with E-state index in [2.05, 4.69) is 15.5 Å². The van der Waals surface area contributed by atoms with E-state index in [1.54, 1.807) is 33.9 Å². The number of aryl methyl sites for hydroxylation is 1. The highest BCUT2D eigenvalue weighted by atomic mass is 19.1. The number of fused-ring (bicyclic) bond motifs is 3. The lowest BCUT2D eigenvalue weighted by atomic mass is 10.1. The summed E-state index contributed by atoms with van der Waals surface area (Å²) in [6.07, 6.45) is 1.56. The Morgan fingerprint density at radius 1 is 1.10 bits per heavy atom. The number of benzene rings is 2. The van der Waals surface area contributed by atoms with Crippen LogP contribution < -0.4 is 0 Å². The van der Waals surface area contributed by atoms with Gasteiger partial charge in [-0.05, 0) is 65.9 Å². The molecule has 0 fully saturated rings. The number of halogens is 1. The summed E-state index contributed by atoms with van der Waals surface area (Å²) in [5, 5.41) is 13.1. The van der Waals surface area contributed by atoms with E-state index in [9.17, 15) is 9.18 Å². The van der Waals surface area contributed by atoms with Gasteiger partial charge in [-0.2, -0.15) is 4.52 Å². The molecule has 0 aliphatic rings. The molecule has 0 saturated carbocycles. The molecule has 31 heavy (non-hydrogen) atoms. The third kappa shape index (κ3) is 3.63. The number of carbonyl (C=O) groups is 1. The molecule has 0 atom stereocenters. The third-order valence-corrected chi connectivity index (χ3v) is 5.14. The second-order valence-corrected chi connectivity index (χ2v) is 7.40. The molecule has 0 N–H and O–H groups in total. The van der Waals surface area contributed by atoms with Crippen LogP contribution in [0.15, 0.2) is 71.3 Å². The molecule has 2 aromatic carbocycles. The summed E-state index contributed by atoms with van der Waals surface area (Å²) in [5.74, 6) is -0.156. The van der Waals surface area contributed by atoms with Crippen LogP contribution in [0.2, 0.25) is 0 Å². The van der Waals surface area contributed by atoms with Gasteiger partial charge in [0.05, 0.1) is 24.9 Å². The summed E-state index contributed by atoms with van der Waals surface area (Å²) in [7, 11) is 0. The first-order valence-corrected chi connectivity index (χ1v) is 9.76. The van der Waals surface area contributed by atoms with Crippen molar-refractivity contribution >= 4 is 22.5 Å². The quantitative estimate of drug-likeness (QED) is 0.431. The fourth-order valence-corrected chi connectivity index (χ4v) is 3.70. The van der Waals surface area contributed by atoms with Gasteiger partial charge in [0.25, 0.3) is 5.91 Å². The van der Waals surface area contributed by atoms with Crippen LogP contribution >= 0.6 is 0 Å². The van der Waals surface area contributed by atoms with E-state index in [4.69, 9.17) is 4.42 Å². The molecule has 8 heteroatoms. The summed E-state index contributed by atoms with van der Waals surface area (Å²) in [5.41, 5.74) is 3.59. The Labute approximate surface area is 176 Å².